The smallest absolute Gasteiger partial charge is 0.135 e. The quantitative estimate of drug-likeness (QED) is 0.572. The Labute approximate surface area is 70.5 Å². The average Bonchev–Trinajstić information content (AvgIpc) is 2.52. The summed E-state index contributed by atoms with van der Waals surface area (Å²) in [6.07, 6.45) is 5.85. The summed E-state index contributed by atoms with van der Waals surface area (Å²) in [6, 6.07) is 2.20. The fraction of sp³-hybridized carbons (Fsp3) is 0.222. The van der Waals surface area contributed by atoms with Gasteiger partial charge >= 0.3 is 0 Å². The number of aryl methyl sites for hydroxylation is 2. The van der Waals surface area contributed by atoms with Crippen molar-refractivity contribution < 1.29 is 0 Å². The lowest BCUT2D eigenvalue weighted by molar-refractivity contribution is 0.956. The number of nitriles is 1. The largest absolute Gasteiger partial charge is 0.335 e. The van der Waals surface area contributed by atoms with E-state index in [1.807, 2.05) is 41.5 Å². The molecule has 2 aromatic heterocycles. The summed E-state index contributed by atoms with van der Waals surface area (Å²) < 4.78 is 3.92. The molecule has 0 bridgehead atoms. The van der Waals surface area contributed by atoms with Crippen molar-refractivity contribution in [3.8, 4) is 6.07 Å². The van der Waals surface area contributed by atoms with Gasteiger partial charge in [0.05, 0.1) is 5.56 Å². The molecule has 3 heteroatoms. The second-order valence-electron chi connectivity index (χ2n) is 2.94. The van der Waals surface area contributed by atoms with Crippen LogP contribution in [-0.4, -0.2) is 8.97 Å². The molecular formula is C9H9N3. The fourth-order valence-electron chi connectivity index (χ4n) is 1.49. The zero-order valence-corrected chi connectivity index (χ0v) is 7.07. The average molecular weight is 159 g/mol. The molecule has 0 aliphatic carbocycles. The summed E-state index contributed by atoms with van der Waals surface area (Å²) in [7, 11) is 1.94. The van der Waals surface area contributed by atoms with E-state index in [1.165, 1.54) is 0 Å². The van der Waals surface area contributed by atoms with E-state index in [2.05, 4.69) is 6.07 Å². The second kappa shape index (κ2) is 2.15. The van der Waals surface area contributed by atoms with Crippen molar-refractivity contribution in [2.45, 2.75) is 6.92 Å². The minimum absolute atomic E-state index is 0.766. The topological polar surface area (TPSA) is 33.1 Å². The van der Waals surface area contributed by atoms with Gasteiger partial charge in [-0.15, -0.1) is 0 Å². The maximum Gasteiger partial charge on any atom is 0.135 e. The highest BCUT2D eigenvalue weighted by Gasteiger charge is 2.08. The Bertz CT molecular complexity index is 468. The van der Waals surface area contributed by atoms with Gasteiger partial charge in [-0.25, -0.2) is 0 Å². The Morgan fingerprint density at radius 1 is 1.42 bits per heavy atom. The van der Waals surface area contributed by atoms with Gasteiger partial charge in [0, 0.05) is 25.6 Å². The van der Waals surface area contributed by atoms with Crippen LogP contribution in [0.1, 0.15) is 11.1 Å². The number of rotatable bonds is 0. The summed E-state index contributed by atoms with van der Waals surface area (Å²) in [6.45, 7) is 1.95. The van der Waals surface area contributed by atoms with Gasteiger partial charge in [0.1, 0.15) is 11.7 Å². The van der Waals surface area contributed by atoms with Crippen LogP contribution >= 0.6 is 0 Å². The molecule has 2 rings (SSSR count). The number of imidazole rings is 1. The Morgan fingerprint density at radius 2 is 2.17 bits per heavy atom. The molecule has 0 aliphatic heterocycles. The van der Waals surface area contributed by atoms with E-state index in [0.29, 0.717) is 0 Å². The first-order chi connectivity index (χ1) is 5.74. The zero-order chi connectivity index (χ0) is 8.72. The third kappa shape index (κ3) is 0.693. The van der Waals surface area contributed by atoms with Crippen molar-refractivity contribution in [1.82, 2.24) is 8.97 Å². The summed E-state index contributed by atoms with van der Waals surface area (Å²) in [5, 5.41) is 8.87. The first-order valence-electron chi connectivity index (χ1n) is 3.76. The van der Waals surface area contributed by atoms with E-state index in [4.69, 9.17) is 5.26 Å². The maximum atomic E-state index is 8.87. The highest BCUT2D eigenvalue weighted by Crippen LogP contribution is 2.16. The molecule has 3 nitrogen and oxygen atoms in total. The highest BCUT2D eigenvalue weighted by atomic mass is 15.1. The van der Waals surface area contributed by atoms with E-state index in [-0.39, 0.29) is 0 Å². The minimum Gasteiger partial charge on any atom is -0.335 e. The lowest BCUT2D eigenvalue weighted by atomic mass is 10.2. The standard InChI is InChI=1S/C9H9N3/c1-7-6-12-4-3-11(2)9(12)8(7)5-10/h3-4,6H,1-2H3. The van der Waals surface area contributed by atoms with Crippen molar-refractivity contribution in [2.75, 3.05) is 0 Å². The lowest BCUT2D eigenvalue weighted by Crippen LogP contribution is -1.87. The van der Waals surface area contributed by atoms with Crippen molar-refractivity contribution >= 4 is 5.65 Å². The Morgan fingerprint density at radius 3 is 2.83 bits per heavy atom. The molecule has 0 atom stereocenters. The molecule has 0 saturated heterocycles. The van der Waals surface area contributed by atoms with E-state index >= 15 is 0 Å². The third-order valence-corrected chi connectivity index (χ3v) is 2.09. The van der Waals surface area contributed by atoms with Crippen molar-refractivity contribution in [3.63, 3.8) is 0 Å². The van der Waals surface area contributed by atoms with Gasteiger partial charge in [0.15, 0.2) is 0 Å². The molecule has 2 heterocycles. The van der Waals surface area contributed by atoms with Crippen LogP contribution < -0.4 is 0 Å². The lowest BCUT2D eigenvalue weighted by Gasteiger charge is -1.91. The van der Waals surface area contributed by atoms with Gasteiger partial charge in [-0.3, -0.25) is 0 Å². The van der Waals surface area contributed by atoms with Crippen LogP contribution in [0.2, 0.25) is 0 Å². The molecule has 0 spiro atoms. The van der Waals surface area contributed by atoms with Gasteiger partial charge in [0.25, 0.3) is 0 Å². The van der Waals surface area contributed by atoms with Crippen LogP contribution in [0, 0.1) is 18.3 Å². The predicted molar refractivity (Wildman–Crippen MR) is 45.8 cm³/mol. The Kier molecular flexibility index (Phi) is 1.25. The van der Waals surface area contributed by atoms with Gasteiger partial charge in [0.2, 0.25) is 0 Å². The van der Waals surface area contributed by atoms with Gasteiger partial charge < -0.3 is 8.97 Å². The molecule has 2 aromatic rings. The Hall–Kier alpha value is -1.69. The molecular weight excluding hydrogens is 150 g/mol. The van der Waals surface area contributed by atoms with Gasteiger partial charge in [-0.2, -0.15) is 5.26 Å². The summed E-state index contributed by atoms with van der Waals surface area (Å²) >= 11 is 0. The third-order valence-electron chi connectivity index (χ3n) is 2.09. The van der Waals surface area contributed by atoms with Crippen LogP contribution in [0.5, 0.6) is 0 Å². The summed E-state index contributed by atoms with van der Waals surface area (Å²) in [5.74, 6) is 0. The number of hydrogen-bond acceptors (Lipinski definition) is 1. The predicted octanol–water partition coefficient (Wildman–Crippen LogP) is 1.46. The van der Waals surface area contributed by atoms with E-state index in [9.17, 15) is 0 Å². The number of aromatic nitrogens is 2. The first-order valence-corrected chi connectivity index (χ1v) is 3.76. The van der Waals surface area contributed by atoms with Crippen molar-refractivity contribution in [2.24, 2.45) is 7.05 Å². The van der Waals surface area contributed by atoms with E-state index < -0.39 is 0 Å². The van der Waals surface area contributed by atoms with Gasteiger partial charge in [-0.1, -0.05) is 0 Å². The van der Waals surface area contributed by atoms with E-state index in [0.717, 1.165) is 16.8 Å². The van der Waals surface area contributed by atoms with Gasteiger partial charge in [-0.05, 0) is 12.5 Å². The molecule has 0 unspecified atom stereocenters. The number of fused-ring (bicyclic) bond motifs is 1. The molecule has 12 heavy (non-hydrogen) atoms. The first kappa shape index (κ1) is 6.99. The summed E-state index contributed by atoms with van der Waals surface area (Å²) in [5.41, 5.74) is 2.77. The molecule has 0 aromatic carbocycles. The highest BCUT2D eigenvalue weighted by molar-refractivity contribution is 5.61. The van der Waals surface area contributed by atoms with Crippen molar-refractivity contribution in [3.05, 3.63) is 29.7 Å². The zero-order valence-electron chi connectivity index (χ0n) is 7.07. The minimum atomic E-state index is 0.766. The number of nitrogens with zero attached hydrogens (tertiary/aromatic N) is 3. The molecule has 0 amide bonds. The molecule has 0 N–H and O–H groups in total. The normalized spacial score (nSPS) is 10.4. The molecule has 60 valence electrons. The molecule has 0 aliphatic rings. The van der Waals surface area contributed by atoms with Crippen LogP contribution in [-0.2, 0) is 7.05 Å². The van der Waals surface area contributed by atoms with Crippen molar-refractivity contribution in [1.29, 1.82) is 5.26 Å². The molecule has 0 radical (unpaired) electrons. The maximum absolute atomic E-state index is 8.87. The second-order valence-corrected chi connectivity index (χ2v) is 2.94. The molecule has 0 saturated carbocycles. The monoisotopic (exact) mass is 159 g/mol. The molecule has 0 fully saturated rings. The van der Waals surface area contributed by atoms with Crippen LogP contribution in [0.4, 0.5) is 0 Å². The SMILES string of the molecule is Cc1cn2ccn(C)c2c1C#N. The van der Waals surface area contributed by atoms with Crippen LogP contribution in [0.25, 0.3) is 5.65 Å². The van der Waals surface area contributed by atoms with Crippen LogP contribution in [0.15, 0.2) is 18.6 Å². The van der Waals surface area contributed by atoms with Crippen LogP contribution in [0.3, 0.4) is 0 Å². The number of hydrogen-bond donors (Lipinski definition) is 0. The summed E-state index contributed by atoms with van der Waals surface area (Å²) in [4.78, 5) is 0. The van der Waals surface area contributed by atoms with E-state index in [1.54, 1.807) is 0 Å². The Balaban J connectivity index is 2.96. The fourth-order valence-corrected chi connectivity index (χ4v) is 1.49.